The van der Waals surface area contributed by atoms with Gasteiger partial charge in [-0.05, 0) is 54.7 Å². The van der Waals surface area contributed by atoms with E-state index in [0.717, 1.165) is 44.3 Å². The highest BCUT2D eigenvalue weighted by molar-refractivity contribution is 5.95. The first-order valence-electron chi connectivity index (χ1n) is 14.3. The lowest BCUT2D eigenvalue weighted by molar-refractivity contribution is -0.138. The minimum atomic E-state index is -0.242. The standard InChI is InChI=1S/C33H37N3O4/c1-39-28-17-16-22(20-29(28)40-2)32(37)35-27-15-9-7-13-24(27)33(38)36-19-18-25-30(21-10-4-3-5-11-21)34-26-14-8-6-12-23(26)31(25)36/h3-6,8,10-12,14,16-17,20,24-25,27,30-31,34H,7,9,13,15,18-19H2,1-2H3,(H,35,37)/t24-,25+,27+,30-,31-/m0/s1. The smallest absolute Gasteiger partial charge is 0.251 e. The van der Waals surface area contributed by atoms with Gasteiger partial charge in [0.25, 0.3) is 5.91 Å². The molecule has 1 aliphatic carbocycles. The van der Waals surface area contributed by atoms with E-state index in [0.29, 0.717) is 17.1 Å². The molecule has 7 nitrogen and oxygen atoms in total. The Bertz CT molecular complexity index is 1380. The fourth-order valence-electron chi connectivity index (χ4n) is 7.00. The summed E-state index contributed by atoms with van der Waals surface area (Å²) in [7, 11) is 3.13. The summed E-state index contributed by atoms with van der Waals surface area (Å²) < 4.78 is 10.7. The average molecular weight is 540 g/mol. The number of fused-ring (bicyclic) bond motifs is 3. The van der Waals surface area contributed by atoms with Crippen LogP contribution in [0.5, 0.6) is 11.5 Å². The largest absolute Gasteiger partial charge is 0.493 e. The monoisotopic (exact) mass is 539 g/mol. The Balaban J connectivity index is 1.25. The fourth-order valence-corrected chi connectivity index (χ4v) is 7.00. The molecule has 3 aromatic carbocycles. The molecule has 2 N–H and O–H groups in total. The van der Waals surface area contributed by atoms with E-state index < -0.39 is 0 Å². The molecule has 2 amide bonds. The van der Waals surface area contributed by atoms with Crippen LogP contribution in [0, 0.1) is 11.8 Å². The lowest BCUT2D eigenvalue weighted by Crippen LogP contribution is -2.50. The van der Waals surface area contributed by atoms with Crippen LogP contribution in [0.4, 0.5) is 5.69 Å². The van der Waals surface area contributed by atoms with Gasteiger partial charge >= 0.3 is 0 Å². The van der Waals surface area contributed by atoms with E-state index >= 15 is 0 Å². The highest BCUT2D eigenvalue weighted by atomic mass is 16.5. The van der Waals surface area contributed by atoms with Crippen molar-refractivity contribution in [2.75, 3.05) is 26.1 Å². The van der Waals surface area contributed by atoms with Crippen molar-refractivity contribution in [2.24, 2.45) is 11.8 Å². The highest BCUT2D eigenvalue weighted by Crippen LogP contribution is 2.51. The maximum absolute atomic E-state index is 14.3. The first kappa shape index (κ1) is 26.2. The maximum Gasteiger partial charge on any atom is 0.251 e. The van der Waals surface area contributed by atoms with Crippen molar-refractivity contribution in [3.05, 3.63) is 89.5 Å². The van der Waals surface area contributed by atoms with E-state index in [1.807, 2.05) is 6.07 Å². The van der Waals surface area contributed by atoms with Crippen LogP contribution in [0.2, 0.25) is 0 Å². The second-order valence-electron chi connectivity index (χ2n) is 11.1. The van der Waals surface area contributed by atoms with Gasteiger partial charge in [-0.2, -0.15) is 0 Å². The van der Waals surface area contributed by atoms with E-state index in [-0.39, 0.29) is 41.8 Å². The fraction of sp³-hybridized carbons (Fsp3) is 0.394. The number of rotatable bonds is 6. The summed E-state index contributed by atoms with van der Waals surface area (Å²) in [6, 6.07) is 24.1. The topological polar surface area (TPSA) is 79.9 Å². The predicted octanol–water partition coefficient (Wildman–Crippen LogP) is 5.75. The number of carbonyl (C=O) groups is 2. The molecule has 1 saturated carbocycles. The normalized spacial score (nSPS) is 25.2. The minimum absolute atomic E-state index is 0.0132. The molecule has 2 fully saturated rings. The number of carbonyl (C=O) groups excluding carboxylic acids is 2. The Morgan fingerprint density at radius 3 is 2.42 bits per heavy atom. The molecular formula is C33H37N3O4. The van der Waals surface area contributed by atoms with Gasteiger partial charge in [0.1, 0.15) is 0 Å². The number of hydrogen-bond acceptors (Lipinski definition) is 5. The molecule has 40 heavy (non-hydrogen) atoms. The van der Waals surface area contributed by atoms with Crippen LogP contribution in [-0.2, 0) is 4.79 Å². The van der Waals surface area contributed by atoms with Crippen LogP contribution in [-0.4, -0.2) is 43.5 Å². The van der Waals surface area contributed by atoms with Crippen molar-refractivity contribution in [2.45, 2.75) is 50.2 Å². The number of anilines is 1. The summed E-state index contributed by atoms with van der Waals surface area (Å²) in [5.41, 5.74) is 4.03. The van der Waals surface area contributed by atoms with E-state index in [9.17, 15) is 9.59 Å². The zero-order chi connectivity index (χ0) is 27.6. The Labute approximate surface area is 235 Å². The molecule has 5 atom stereocenters. The summed E-state index contributed by atoms with van der Waals surface area (Å²) in [6.45, 7) is 0.723. The van der Waals surface area contributed by atoms with Gasteiger partial charge in [0.05, 0.1) is 32.2 Å². The molecule has 3 aromatic rings. The summed E-state index contributed by atoms with van der Waals surface area (Å²) in [4.78, 5) is 29.8. The summed E-state index contributed by atoms with van der Waals surface area (Å²) in [5, 5.41) is 6.99. The predicted molar refractivity (Wildman–Crippen MR) is 155 cm³/mol. The Hall–Kier alpha value is -4.00. The van der Waals surface area contributed by atoms with Gasteiger partial charge in [0.15, 0.2) is 11.5 Å². The molecular weight excluding hydrogens is 502 g/mol. The van der Waals surface area contributed by atoms with Crippen molar-refractivity contribution in [1.82, 2.24) is 10.2 Å². The Morgan fingerprint density at radius 2 is 1.62 bits per heavy atom. The van der Waals surface area contributed by atoms with Crippen LogP contribution in [0.25, 0.3) is 0 Å². The lowest BCUT2D eigenvalue weighted by Gasteiger charge is -2.42. The molecule has 7 heteroatoms. The van der Waals surface area contributed by atoms with Gasteiger partial charge in [-0.25, -0.2) is 0 Å². The lowest BCUT2D eigenvalue weighted by atomic mass is 9.79. The highest BCUT2D eigenvalue weighted by Gasteiger charge is 2.48. The van der Waals surface area contributed by atoms with Crippen molar-refractivity contribution >= 4 is 17.5 Å². The zero-order valence-corrected chi connectivity index (χ0v) is 23.1. The van der Waals surface area contributed by atoms with Crippen molar-refractivity contribution < 1.29 is 19.1 Å². The molecule has 2 heterocycles. The summed E-state index contributed by atoms with van der Waals surface area (Å²) in [6.07, 6.45) is 4.50. The van der Waals surface area contributed by atoms with E-state index in [1.165, 1.54) is 11.1 Å². The molecule has 0 bridgehead atoms. The van der Waals surface area contributed by atoms with Crippen molar-refractivity contribution in [1.29, 1.82) is 0 Å². The number of methoxy groups -OCH3 is 2. The van der Waals surface area contributed by atoms with Gasteiger partial charge in [-0.3, -0.25) is 9.59 Å². The van der Waals surface area contributed by atoms with Crippen LogP contribution in [0.3, 0.4) is 0 Å². The number of likely N-dealkylation sites (tertiary alicyclic amines) is 1. The van der Waals surface area contributed by atoms with E-state index in [1.54, 1.807) is 32.4 Å². The molecule has 0 radical (unpaired) electrons. The third kappa shape index (κ3) is 4.78. The number of nitrogens with zero attached hydrogens (tertiary/aromatic N) is 1. The van der Waals surface area contributed by atoms with E-state index in [4.69, 9.17) is 9.47 Å². The molecule has 2 aliphatic heterocycles. The molecule has 0 aromatic heterocycles. The van der Waals surface area contributed by atoms with Crippen LogP contribution in [0.15, 0.2) is 72.8 Å². The van der Waals surface area contributed by atoms with Crippen molar-refractivity contribution in [3.63, 3.8) is 0 Å². The Morgan fingerprint density at radius 1 is 0.875 bits per heavy atom. The summed E-state index contributed by atoms with van der Waals surface area (Å²) >= 11 is 0. The first-order valence-corrected chi connectivity index (χ1v) is 14.3. The van der Waals surface area contributed by atoms with Crippen LogP contribution in [0.1, 0.15) is 65.7 Å². The molecule has 208 valence electrons. The number of hydrogen-bond donors (Lipinski definition) is 2. The second-order valence-corrected chi connectivity index (χ2v) is 11.1. The average Bonchev–Trinajstić information content (AvgIpc) is 3.46. The van der Waals surface area contributed by atoms with Gasteiger partial charge in [-0.1, -0.05) is 61.4 Å². The van der Waals surface area contributed by atoms with Gasteiger partial charge in [-0.15, -0.1) is 0 Å². The van der Waals surface area contributed by atoms with Gasteiger partial charge < -0.3 is 25.0 Å². The van der Waals surface area contributed by atoms with Gasteiger partial charge in [0, 0.05) is 29.8 Å². The van der Waals surface area contributed by atoms with Crippen LogP contribution < -0.4 is 20.1 Å². The van der Waals surface area contributed by atoms with E-state index in [2.05, 4.69) is 64.1 Å². The first-order chi connectivity index (χ1) is 19.6. The second kappa shape index (κ2) is 11.2. The number of para-hydroxylation sites is 1. The molecule has 6 rings (SSSR count). The molecule has 0 unspecified atom stereocenters. The maximum atomic E-state index is 14.3. The summed E-state index contributed by atoms with van der Waals surface area (Å²) in [5.74, 6) is 1.09. The number of ether oxygens (including phenoxy) is 2. The quantitative estimate of drug-likeness (QED) is 0.417. The number of benzene rings is 3. The molecule has 0 spiro atoms. The minimum Gasteiger partial charge on any atom is -0.493 e. The third-order valence-electron chi connectivity index (χ3n) is 8.95. The van der Waals surface area contributed by atoms with Crippen LogP contribution >= 0.6 is 0 Å². The SMILES string of the molecule is COc1ccc(C(=O)N[C@@H]2CCCC[C@@H]2C(=O)N2CC[C@@H]3[C@H](c4ccccc4)Nc4ccccc4[C@@H]32)cc1OC. The number of amides is 2. The number of nitrogens with one attached hydrogen (secondary N) is 2. The zero-order valence-electron chi connectivity index (χ0n) is 23.1. The molecule has 1 saturated heterocycles. The molecule has 3 aliphatic rings. The Kier molecular flexibility index (Phi) is 7.37. The van der Waals surface area contributed by atoms with Crippen molar-refractivity contribution in [3.8, 4) is 11.5 Å². The van der Waals surface area contributed by atoms with Gasteiger partial charge in [0.2, 0.25) is 5.91 Å². The third-order valence-corrected chi connectivity index (χ3v) is 8.95.